The summed E-state index contributed by atoms with van der Waals surface area (Å²) < 4.78 is 11.6. The fourth-order valence-electron chi connectivity index (χ4n) is 4.63. The number of nitrogens with zero attached hydrogens (tertiary/aromatic N) is 1. The van der Waals surface area contributed by atoms with E-state index in [4.69, 9.17) is 24.5 Å². The second-order valence-electron chi connectivity index (χ2n) is 7.48. The first-order chi connectivity index (χ1) is 15.3. The van der Waals surface area contributed by atoms with Gasteiger partial charge in [0.2, 0.25) is 11.6 Å². The summed E-state index contributed by atoms with van der Waals surface area (Å²) in [5.74, 6) is 0.161. The van der Waals surface area contributed by atoms with Gasteiger partial charge in [-0.1, -0.05) is 21.6 Å². The van der Waals surface area contributed by atoms with E-state index < -0.39 is 17.7 Å². The Hall–Kier alpha value is -1.77. The molecule has 11 nitrogen and oxygen atoms in total. The van der Waals surface area contributed by atoms with E-state index >= 15 is 0 Å². The van der Waals surface area contributed by atoms with Gasteiger partial charge < -0.3 is 40.7 Å². The third-order valence-corrected chi connectivity index (χ3v) is 8.18. The Bertz CT molecular complexity index is 860. The molecule has 0 spiro atoms. The van der Waals surface area contributed by atoms with Crippen molar-refractivity contribution >= 4 is 39.2 Å². The minimum absolute atomic E-state index is 0.00882. The minimum Gasteiger partial charge on any atom is -0.488 e. The van der Waals surface area contributed by atoms with Crippen molar-refractivity contribution in [1.29, 1.82) is 0 Å². The van der Waals surface area contributed by atoms with E-state index in [0.717, 1.165) is 0 Å². The molecule has 1 aliphatic carbocycles. The fourth-order valence-corrected chi connectivity index (χ4v) is 6.22. The van der Waals surface area contributed by atoms with E-state index in [9.17, 15) is 14.7 Å². The van der Waals surface area contributed by atoms with E-state index in [2.05, 4.69) is 11.1 Å². The quantitative estimate of drug-likeness (QED) is 0.119. The lowest BCUT2D eigenvalue weighted by atomic mass is 9.83. The summed E-state index contributed by atoms with van der Waals surface area (Å²) in [4.78, 5) is 37.0. The number of aliphatic hydroxyl groups is 2. The fraction of sp³-hybridized carbons (Fsp3) is 0.632. The molecule has 6 N–H and O–H groups in total. The van der Waals surface area contributed by atoms with E-state index in [1.807, 2.05) is 4.90 Å². The molecular formula is C19H27N3O8S2. The topological polar surface area (TPSA) is 182 Å². The van der Waals surface area contributed by atoms with Crippen LogP contribution in [-0.4, -0.2) is 101 Å². The number of fused-ring (bicyclic) bond motifs is 4. The van der Waals surface area contributed by atoms with E-state index in [1.54, 1.807) is 24.8 Å². The maximum absolute atomic E-state index is 13.3. The van der Waals surface area contributed by atoms with Gasteiger partial charge in [-0.25, -0.2) is 4.79 Å². The lowest BCUT2D eigenvalue weighted by Gasteiger charge is -2.39. The van der Waals surface area contributed by atoms with Crippen LogP contribution in [-0.2, 0) is 19.1 Å². The highest BCUT2D eigenvalue weighted by atomic mass is 33.1. The largest absolute Gasteiger partial charge is 0.488 e. The summed E-state index contributed by atoms with van der Waals surface area (Å²) in [7, 11) is 4.63. The molecule has 0 aromatic carbocycles. The summed E-state index contributed by atoms with van der Waals surface area (Å²) in [6.45, 7) is 2.31. The van der Waals surface area contributed by atoms with Crippen molar-refractivity contribution in [1.82, 2.24) is 10.2 Å². The first-order valence-electron chi connectivity index (χ1n) is 9.96. The van der Waals surface area contributed by atoms with Crippen LogP contribution in [0.25, 0.3) is 0 Å². The van der Waals surface area contributed by atoms with E-state index in [1.165, 1.54) is 10.8 Å². The average Bonchev–Trinajstić information content (AvgIpc) is 3.36. The number of aliphatic hydroxyl groups excluding tert-OH is 2. The van der Waals surface area contributed by atoms with Crippen molar-refractivity contribution < 1.29 is 39.2 Å². The number of nitrogens with two attached hydrogens (primary N) is 1. The van der Waals surface area contributed by atoms with Crippen molar-refractivity contribution in [3.8, 4) is 0 Å². The summed E-state index contributed by atoms with van der Waals surface area (Å²) in [6, 6.07) is 0.201. The molecule has 2 fully saturated rings. The molecule has 0 saturated carbocycles. The third-order valence-electron chi connectivity index (χ3n) is 5.83. The number of piperazine rings is 1. The second kappa shape index (κ2) is 10.0. The van der Waals surface area contributed by atoms with Crippen molar-refractivity contribution in [3.05, 3.63) is 22.6 Å². The molecule has 4 rings (SSSR count). The maximum atomic E-state index is 13.3. The summed E-state index contributed by atoms with van der Waals surface area (Å²) in [5, 5.41) is 29.4. The molecule has 2 saturated heterocycles. The second-order valence-corrected chi connectivity index (χ2v) is 10.2. The molecule has 0 aromatic heterocycles. The van der Waals surface area contributed by atoms with Crippen LogP contribution in [0.15, 0.2) is 22.6 Å². The number of allylic oxidation sites excluding steroid dienone is 2. The summed E-state index contributed by atoms with van der Waals surface area (Å²) in [5.41, 5.74) is 4.10. The van der Waals surface area contributed by atoms with Crippen LogP contribution in [0.3, 0.4) is 0 Å². The Morgan fingerprint density at radius 3 is 2.53 bits per heavy atom. The average molecular weight is 490 g/mol. The van der Waals surface area contributed by atoms with Gasteiger partial charge >= 0.3 is 6.09 Å². The zero-order chi connectivity index (χ0) is 23.6. The molecular weight excluding hydrogens is 462 g/mol. The number of amides is 1. The predicted octanol–water partition coefficient (Wildman–Crippen LogP) is -0.699. The number of hydrogen-bond donors (Lipinski definition) is 5. The Labute approximate surface area is 192 Å². The van der Waals surface area contributed by atoms with Crippen LogP contribution < -0.4 is 11.1 Å². The molecule has 0 bridgehead atoms. The van der Waals surface area contributed by atoms with Crippen molar-refractivity contribution in [2.75, 3.05) is 45.0 Å². The number of carbonyl (C=O) groups is 3. The van der Waals surface area contributed by atoms with Crippen LogP contribution in [0.1, 0.15) is 6.92 Å². The van der Waals surface area contributed by atoms with Gasteiger partial charge in [-0.15, -0.1) is 0 Å². The predicted molar refractivity (Wildman–Crippen MR) is 118 cm³/mol. The highest BCUT2D eigenvalue weighted by Crippen LogP contribution is 2.55. The molecule has 13 heteroatoms. The molecule has 4 aliphatic rings. The lowest BCUT2D eigenvalue weighted by molar-refractivity contribution is -0.137. The number of Topliss-reactive ketones (excluding diaryl/α,β-unsaturated/α-hetero) is 2. The van der Waals surface area contributed by atoms with Crippen LogP contribution >= 0.6 is 21.6 Å². The van der Waals surface area contributed by atoms with E-state index in [-0.39, 0.29) is 49.2 Å². The Balaban J connectivity index is 0.000000668. The number of rotatable bonds is 9. The van der Waals surface area contributed by atoms with Crippen molar-refractivity contribution in [2.24, 2.45) is 11.7 Å². The summed E-state index contributed by atoms with van der Waals surface area (Å²) in [6.07, 6.45) is -1.33. The normalized spacial score (nSPS) is 30.0. The monoisotopic (exact) mass is 489 g/mol. The number of ketones is 2. The lowest BCUT2D eigenvalue weighted by Crippen LogP contribution is -2.54. The van der Waals surface area contributed by atoms with Crippen molar-refractivity contribution in [2.45, 2.75) is 24.7 Å². The van der Waals surface area contributed by atoms with Crippen molar-refractivity contribution in [3.63, 3.8) is 0 Å². The maximum Gasteiger partial charge on any atom is 0.402 e. The number of ether oxygens (including phenoxy) is 2. The number of methoxy groups -OCH3 is 1. The smallest absolute Gasteiger partial charge is 0.402 e. The van der Waals surface area contributed by atoms with Crippen LogP contribution in [0.5, 0.6) is 0 Å². The Morgan fingerprint density at radius 2 is 1.94 bits per heavy atom. The van der Waals surface area contributed by atoms with Gasteiger partial charge in [-0.3, -0.25) is 9.59 Å². The van der Waals surface area contributed by atoms with Gasteiger partial charge in [0.05, 0.1) is 37.5 Å². The van der Waals surface area contributed by atoms with Gasteiger partial charge in [0, 0.05) is 42.3 Å². The number of carbonyl (C=O) groups excluding carboxylic acids is 2. The standard InChI is InChI=1S/C18H24N2O6S2.CH3NO2/c1-9-14(23)13-12(15(24)16(9)26-4-6-28-27-5-3-21)10(8-22)18(25-2)17-11(19-17)7-20(13)18;2-1(3)4/h10-11,17,19,21-22H,3-8H2,1-2H3;2H2,(H,3,4). The van der Waals surface area contributed by atoms with Crippen LogP contribution in [0.2, 0.25) is 0 Å². The molecule has 4 unspecified atom stereocenters. The minimum atomic E-state index is -1.33. The Kier molecular flexibility index (Phi) is 7.78. The number of nitrogens with one attached hydrogen (secondary N) is 1. The number of carboxylic acid groups (broad SMARTS) is 1. The molecule has 0 radical (unpaired) electrons. The van der Waals surface area contributed by atoms with Crippen LogP contribution in [0.4, 0.5) is 4.79 Å². The van der Waals surface area contributed by atoms with E-state index in [0.29, 0.717) is 34.9 Å². The molecule has 1 amide bonds. The molecule has 3 heterocycles. The highest BCUT2D eigenvalue weighted by Gasteiger charge is 2.72. The third kappa shape index (κ3) is 4.13. The molecule has 4 atom stereocenters. The number of primary amides is 1. The number of hydrogen-bond acceptors (Lipinski definition) is 11. The SMILES string of the molecule is COC12C(CO)C3=C(C(=O)C(C)=C(OCCSSCCO)C3=O)N1CC1NC12.NC(=O)O. The molecule has 178 valence electrons. The van der Waals surface area contributed by atoms with Gasteiger partial charge in [-0.05, 0) is 6.92 Å². The van der Waals surface area contributed by atoms with Gasteiger partial charge in [-0.2, -0.15) is 0 Å². The van der Waals surface area contributed by atoms with Gasteiger partial charge in [0.25, 0.3) is 0 Å². The first-order valence-corrected chi connectivity index (χ1v) is 12.5. The van der Waals surface area contributed by atoms with Gasteiger partial charge in [0.1, 0.15) is 0 Å². The molecule has 32 heavy (non-hydrogen) atoms. The van der Waals surface area contributed by atoms with Gasteiger partial charge in [0.15, 0.2) is 11.5 Å². The highest BCUT2D eigenvalue weighted by molar-refractivity contribution is 8.76. The zero-order valence-corrected chi connectivity index (χ0v) is 19.3. The molecule has 0 aromatic rings. The molecule has 3 aliphatic heterocycles. The summed E-state index contributed by atoms with van der Waals surface area (Å²) >= 11 is 0. The zero-order valence-electron chi connectivity index (χ0n) is 17.7. The Morgan fingerprint density at radius 1 is 1.28 bits per heavy atom. The van der Waals surface area contributed by atoms with Crippen LogP contribution in [0, 0.1) is 5.92 Å². The first kappa shape index (κ1) is 24.9.